The zero-order valence-corrected chi connectivity index (χ0v) is 22.5. The van der Waals surface area contributed by atoms with E-state index in [0.29, 0.717) is 6.54 Å². The van der Waals surface area contributed by atoms with Crippen LogP contribution in [0.25, 0.3) is 10.9 Å². The summed E-state index contributed by atoms with van der Waals surface area (Å²) in [7, 11) is 7.34. The van der Waals surface area contributed by atoms with Crippen LogP contribution >= 0.6 is 35.3 Å². The molecule has 0 atom stereocenters. The van der Waals surface area contributed by atoms with Crippen molar-refractivity contribution in [2.24, 2.45) is 4.99 Å². The molecule has 3 N–H and O–H groups in total. The molecular weight excluding hydrogens is 539 g/mol. The first-order chi connectivity index (χ1) is 15.0. The van der Waals surface area contributed by atoms with E-state index in [1.807, 2.05) is 31.1 Å². The summed E-state index contributed by atoms with van der Waals surface area (Å²) in [6.45, 7) is 4.26. The Labute approximate surface area is 210 Å². The SMILES string of the molecule is CCNC(=NCc1csc(N(C)C)n1)NCCCc1cc2c(OC)cc(OC)cc2[nH]1.I. The maximum atomic E-state index is 5.50. The molecule has 0 saturated carbocycles. The zero-order chi connectivity index (χ0) is 22.2. The smallest absolute Gasteiger partial charge is 0.191 e. The van der Waals surface area contributed by atoms with Crippen LogP contribution in [0.4, 0.5) is 5.13 Å². The number of aromatic nitrogens is 2. The Hall–Kier alpha value is -2.21. The van der Waals surface area contributed by atoms with Crippen molar-refractivity contribution in [2.45, 2.75) is 26.3 Å². The molecule has 1 aromatic carbocycles. The fourth-order valence-electron chi connectivity index (χ4n) is 3.22. The lowest BCUT2D eigenvalue weighted by molar-refractivity contribution is 0.398. The van der Waals surface area contributed by atoms with Gasteiger partial charge in [0.2, 0.25) is 0 Å². The number of ether oxygens (including phenoxy) is 2. The molecule has 0 amide bonds. The molecule has 0 spiro atoms. The lowest BCUT2D eigenvalue weighted by Gasteiger charge is -2.10. The standard InChI is InChI=1S/C22H32N6O2S.HI/c1-6-23-21(25-13-16-14-31-22(27-16)28(2)3)24-9-7-8-15-10-18-19(26-15)11-17(29-4)12-20(18)30-5;/h10-12,14,26H,6-9,13H2,1-5H3,(H2,23,24,25);1H. The summed E-state index contributed by atoms with van der Waals surface area (Å²) in [6.07, 6.45) is 1.89. The van der Waals surface area contributed by atoms with E-state index >= 15 is 0 Å². The van der Waals surface area contributed by atoms with Crippen LogP contribution in [0.2, 0.25) is 0 Å². The average molecular weight is 573 g/mol. The van der Waals surface area contributed by atoms with Gasteiger partial charge in [0.25, 0.3) is 0 Å². The Morgan fingerprint density at radius 2 is 2.00 bits per heavy atom. The lowest BCUT2D eigenvalue weighted by atomic mass is 10.2. The van der Waals surface area contributed by atoms with E-state index in [-0.39, 0.29) is 24.0 Å². The van der Waals surface area contributed by atoms with E-state index in [1.165, 1.54) is 5.69 Å². The number of guanidine groups is 1. The van der Waals surface area contributed by atoms with Crippen LogP contribution in [0.5, 0.6) is 11.5 Å². The molecule has 0 fully saturated rings. The zero-order valence-electron chi connectivity index (χ0n) is 19.3. The van der Waals surface area contributed by atoms with Crippen molar-refractivity contribution in [3.8, 4) is 11.5 Å². The molecule has 0 saturated heterocycles. The Morgan fingerprint density at radius 3 is 2.66 bits per heavy atom. The summed E-state index contributed by atoms with van der Waals surface area (Å²) >= 11 is 1.63. The van der Waals surface area contributed by atoms with Crippen molar-refractivity contribution in [1.82, 2.24) is 20.6 Å². The second kappa shape index (κ2) is 12.7. The predicted molar refractivity (Wildman–Crippen MR) is 144 cm³/mol. The van der Waals surface area contributed by atoms with Crippen LogP contribution in [0.1, 0.15) is 24.7 Å². The lowest BCUT2D eigenvalue weighted by Crippen LogP contribution is -2.37. The minimum atomic E-state index is 0. The number of fused-ring (bicyclic) bond motifs is 1. The number of aryl methyl sites for hydroxylation is 1. The van der Waals surface area contributed by atoms with Gasteiger partial charge in [-0.25, -0.2) is 9.98 Å². The van der Waals surface area contributed by atoms with Crippen molar-refractivity contribution >= 4 is 57.3 Å². The molecule has 32 heavy (non-hydrogen) atoms. The number of aromatic amines is 1. The molecule has 10 heteroatoms. The van der Waals surface area contributed by atoms with Crippen molar-refractivity contribution in [3.63, 3.8) is 0 Å². The Bertz CT molecular complexity index is 1020. The van der Waals surface area contributed by atoms with E-state index in [4.69, 9.17) is 9.47 Å². The molecule has 0 bridgehead atoms. The van der Waals surface area contributed by atoms with Crippen LogP contribution in [-0.2, 0) is 13.0 Å². The van der Waals surface area contributed by atoms with Gasteiger partial charge in [-0.05, 0) is 25.8 Å². The topological polar surface area (TPSA) is 86.8 Å². The fraction of sp³-hybridized carbons (Fsp3) is 0.455. The molecule has 0 aliphatic rings. The molecule has 0 aliphatic carbocycles. The number of nitrogens with zero attached hydrogens (tertiary/aromatic N) is 3. The van der Waals surface area contributed by atoms with E-state index in [9.17, 15) is 0 Å². The largest absolute Gasteiger partial charge is 0.497 e. The molecule has 2 heterocycles. The average Bonchev–Trinajstić information content (AvgIpc) is 3.41. The van der Waals surface area contributed by atoms with Crippen LogP contribution in [-0.4, -0.2) is 57.3 Å². The first-order valence-corrected chi connectivity index (χ1v) is 11.3. The van der Waals surface area contributed by atoms with Gasteiger partial charge in [0.1, 0.15) is 11.5 Å². The van der Waals surface area contributed by atoms with Crippen molar-refractivity contribution < 1.29 is 9.47 Å². The fourth-order valence-corrected chi connectivity index (χ4v) is 3.97. The Kier molecular flexibility index (Phi) is 10.4. The highest BCUT2D eigenvalue weighted by Crippen LogP contribution is 2.31. The van der Waals surface area contributed by atoms with Gasteiger partial charge in [-0.15, -0.1) is 35.3 Å². The van der Waals surface area contributed by atoms with Gasteiger partial charge >= 0.3 is 0 Å². The van der Waals surface area contributed by atoms with Crippen LogP contribution in [0, 0.1) is 0 Å². The second-order valence-electron chi connectivity index (χ2n) is 7.33. The Balaban J connectivity index is 0.00000363. The number of rotatable bonds is 10. The number of nitrogens with one attached hydrogen (secondary N) is 3. The molecule has 0 aliphatic heterocycles. The number of H-pyrrole nitrogens is 1. The molecule has 3 aromatic rings. The number of benzene rings is 1. The minimum Gasteiger partial charge on any atom is -0.497 e. The number of hydrogen-bond acceptors (Lipinski definition) is 6. The summed E-state index contributed by atoms with van der Waals surface area (Å²) in [5.74, 6) is 2.41. The second-order valence-corrected chi connectivity index (χ2v) is 8.16. The van der Waals surface area contributed by atoms with Gasteiger partial charge in [-0.2, -0.15) is 0 Å². The van der Waals surface area contributed by atoms with Gasteiger partial charge in [-0.3, -0.25) is 0 Å². The first kappa shape index (κ1) is 26.0. The number of halogens is 1. The molecular formula is C22H33IN6O2S. The summed E-state index contributed by atoms with van der Waals surface area (Å²) in [5.41, 5.74) is 3.17. The van der Waals surface area contributed by atoms with Gasteiger partial charge in [0, 0.05) is 55.8 Å². The van der Waals surface area contributed by atoms with Gasteiger partial charge in [0.15, 0.2) is 11.1 Å². The predicted octanol–water partition coefficient (Wildman–Crippen LogP) is 4.01. The first-order valence-electron chi connectivity index (χ1n) is 10.4. The summed E-state index contributed by atoms with van der Waals surface area (Å²) < 4.78 is 10.9. The monoisotopic (exact) mass is 572 g/mol. The third-order valence-electron chi connectivity index (χ3n) is 4.77. The van der Waals surface area contributed by atoms with E-state index in [1.54, 1.807) is 25.6 Å². The molecule has 8 nitrogen and oxygen atoms in total. The van der Waals surface area contributed by atoms with Crippen molar-refractivity contribution in [1.29, 1.82) is 0 Å². The summed E-state index contributed by atoms with van der Waals surface area (Å²) in [4.78, 5) is 14.7. The third kappa shape index (κ3) is 6.89. The molecule has 2 aromatic heterocycles. The highest BCUT2D eigenvalue weighted by Gasteiger charge is 2.09. The maximum Gasteiger partial charge on any atom is 0.191 e. The van der Waals surface area contributed by atoms with Crippen molar-refractivity contribution in [3.05, 3.63) is 35.0 Å². The highest BCUT2D eigenvalue weighted by molar-refractivity contribution is 14.0. The van der Waals surface area contributed by atoms with E-state index in [2.05, 4.69) is 44.0 Å². The van der Waals surface area contributed by atoms with Crippen LogP contribution in [0.3, 0.4) is 0 Å². The minimum absolute atomic E-state index is 0. The molecule has 0 radical (unpaired) electrons. The van der Waals surface area contributed by atoms with E-state index in [0.717, 1.165) is 65.1 Å². The normalized spacial score (nSPS) is 11.2. The van der Waals surface area contributed by atoms with Crippen LogP contribution in [0.15, 0.2) is 28.6 Å². The number of thiazole rings is 1. The highest BCUT2D eigenvalue weighted by atomic mass is 127. The third-order valence-corrected chi connectivity index (χ3v) is 5.82. The Morgan fingerprint density at radius 1 is 1.19 bits per heavy atom. The van der Waals surface area contributed by atoms with Gasteiger partial charge in [-0.1, -0.05) is 0 Å². The number of anilines is 1. The number of methoxy groups -OCH3 is 2. The number of hydrogen-bond donors (Lipinski definition) is 3. The van der Waals surface area contributed by atoms with Gasteiger partial charge < -0.3 is 30.0 Å². The summed E-state index contributed by atoms with van der Waals surface area (Å²) in [5, 5.41) is 10.8. The summed E-state index contributed by atoms with van der Waals surface area (Å²) in [6, 6.07) is 6.05. The quantitative estimate of drug-likeness (QED) is 0.147. The molecule has 3 rings (SSSR count). The van der Waals surface area contributed by atoms with Crippen molar-refractivity contribution in [2.75, 3.05) is 46.3 Å². The molecule has 0 unspecified atom stereocenters. The number of aliphatic imine (C=N–C) groups is 1. The van der Waals surface area contributed by atoms with Crippen LogP contribution < -0.4 is 25.0 Å². The maximum absolute atomic E-state index is 5.50. The molecule has 176 valence electrons. The van der Waals surface area contributed by atoms with Gasteiger partial charge in [0.05, 0.1) is 32.0 Å². The van der Waals surface area contributed by atoms with E-state index < -0.39 is 0 Å².